The van der Waals surface area contributed by atoms with E-state index in [0.29, 0.717) is 5.69 Å². The van der Waals surface area contributed by atoms with E-state index in [1.165, 1.54) is 24.3 Å². The third kappa shape index (κ3) is 5.32. The van der Waals surface area contributed by atoms with Crippen LogP contribution in [0.2, 0.25) is 0 Å². The molecule has 0 bridgehead atoms. The summed E-state index contributed by atoms with van der Waals surface area (Å²) < 4.78 is 12.8. The molecule has 1 aliphatic rings. The van der Waals surface area contributed by atoms with Crippen LogP contribution in [-0.2, 0) is 0 Å². The number of halogens is 1. The number of benzene rings is 1. The number of carbonyl (C=O) groups excluding carboxylic acids is 1. The van der Waals surface area contributed by atoms with Crippen LogP contribution >= 0.6 is 0 Å². The molecule has 1 aromatic rings. The van der Waals surface area contributed by atoms with E-state index in [1.54, 1.807) is 0 Å². The molecule has 116 valence electrons. The van der Waals surface area contributed by atoms with Gasteiger partial charge in [0.05, 0.1) is 0 Å². The average molecular weight is 295 g/mol. The zero-order valence-corrected chi connectivity index (χ0v) is 12.0. The lowest BCUT2D eigenvalue weighted by atomic mass is 10.2. The maximum Gasteiger partial charge on any atom is 0.319 e. The zero-order chi connectivity index (χ0) is 15.1. The molecular weight excluding hydrogens is 273 g/mol. The van der Waals surface area contributed by atoms with Crippen molar-refractivity contribution in [3.63, 3.8) is 0 Å². The molecule has 0 radical (unpaired) electrons. The highest BCUT2D eigenvalue weighted by atomic mass is 19.1. The van der Waals surface area contributed by atoms with E-state index in [1.807, 2.05) is 0 Å². The van der Waals surface area contributed by atoms with E-state index in [2.05, 4.69) is 15.5 Å². The maximum atomic E-state index is 12.8. The number of aliphatic hydroxyl groups excluding tert-OH is 1. The van der Waals surface area contributed by atoms with Crippen molar-refractivity contribution >= 4 is 11.7 Å². The first-order valence-corrected chi connectivity index (χ1v) is 7.33. The van der Waals surface area contributed by atoms with Gasteiger partial charge in [0.1, 0.15) is 5.82 Å². The number of urea groups is 1. The molecule has 6 heteroatoms. The average Bonchev–Trinajstić information content (AvgIpc) is 2.89. The minimum atomic E-state index is -0.324. The number of nitrogens with one attached hydrogen (secondary N) is 2. The van der Waals surface area contributed by atoms with E-state index in [0.717, 1.165) is 38.9 Å². The molecule has 1 saturated heterocycles. The van der Waals surface area contributed by atoms with E-state index in [9.17, 15) is 9.18 Å². The largest absolute Gasteiger partial charge is 0.396 e. The Morgan fingerprint density at radius 3 is 2.81 bits per heavy atom. The van der Waals surface area contributed by atoms with Crippen LogP contribution in [0.1, 0.15) is 19.3 Å². The van der Waals surface area contributed by atoms with Gasteiger partial charge in [-0.25, -0.2) is 9.18 Å². The smallest absolute Gasteiger partial charge is 0.319 e. The van der Waals surface area contributed by atoms with Crippen molar-refractivity contribution in [2.45, 2.75) is 25.3 Å². The Hall–Kier alpha value is -1.66. The summed E-state index contributed by atoms with van der Waals surface area (Å²) in [4.78, 5) is 14.1. The summed E-state index contributed by atoms with van der Waals surface area (Å²) in [6, 6.07) is 5.57. The van der Waals surface area contributed by atoms with E-state index in [4.69, 9.17) is 5.11 Å². The molecule has 1 unspecified atom stereocenters. The number of unbranched alkanes of at least 4 members (excludes halogenated alkanes) is 1. The Kier molecular flexibility index (Phi) is 5.95. The van der Waals surface area contributed by atoms with Gasteiger partial charge < -0.3 is 20.6 Å². The molecule has 2 rings (SSSR count). The second-order valence-corrected chi connectivity index (χ2v) is 5.32. The summed E-state index contributed by atoms with van der Waals surface area (Å²) in [5.41, 5.74) is 0.576. The van der Waals surface area contributed by atoms with E-state index >= 15 is 0 Å². The van der Waals surface area contributed by atoms with Crippen molar-refractivity contribution < 1.29 is 14.3 Å². The Morgan fingerprint density at radius 2 is 2.10 bits per heavy atom. The zero-order valence-electron chi connectivity index (χ0n) is 12.0. The van der Waals surface area contributed by atoms with Gasteiger partial charge in [0.2, 0.25) is 0 Å². The van der Waals surface area contributed by atoms with Gasteiger partial charge in [0, 0.05) is 31.4 Å². The quantitative estimate of drug-likeness (QED) is 0.701. The summed E-state index contributed by atoms with van der Waals surface area (Å²) in [6.45, 7) is 2.99. The van der Waals surface area contributed by atoms with Crippen LogP contribution in [0.15, 0.2) is 24.3 Å². The fraction of sp³-hybridized carbons (Fsp3) is 0.533. The highest BCUT2D eigenvalue weighted by molar-refractivity contribution is 5.89. The number of aliphatic hydroxyl groups is 1. The van der Waals surface area contributed by atoms with Crippen LogP contribution in [0.4, 0.5) is 14.9 Å². The number of hydrogen-bond acceptors (Lipinski definition) is 3. The molecule has 2 amide bonds. The fourth-order valence-electron chi connectivity index (χ4n) is 2.49. The number of nitrogens with zero attached hydrogens (tertiary/aromatic N) is 1. The summed E-state index contributed by atoms with van der Waals surface area (Å²) in [7, 11) is 0. The van der Waals surface area contributed by atoms with Gasteiger partial charge in [-0.05, 0) is 50.1 Å². The predicted molar refractivity (Wildman–Crippen MR) is 79.7 cm³/mol. The van der Waals surface area contributed by atoms with Gasteiger partial charge in [0.15, 0.2) is 0 Å². The minimum Gasteiger partial charge on any atom is -0.396 e. The normalized spacial score (nSPS) is 18.7. The number of rotatable bonds is 6. The summed E-state index contributed by atoms with van der Waals surface area (Å²) >= 11 is 0. The lowest BCUT2D eigenvalue weighted by molar-refractivity contribution is 0.246. The molecule has 0 spiro atoms. The highest BCUT2D eigenvalue weighted by Crippen LogP contribution is 2.11. The third-order valence-corrected chi connectivity index (χ3v) is 3.59. The number of likely N-dealkylation sites (tertiary alicyclic amines) is 1. The Morgan fingerprint density at radius 1 is 1.33 bits per heavy atom. The fourth-order valence-corrected chi connectivity index (χ4v) is 2.49. The van der Waals surface area contributed by atoms with Gasteiger partial charge in [-0.1, -0.05) is 0 Å². The van der Waals surface area contributed by atoms with Crippen molar-refractivity contribution in [1.29, 1.82) is 0 Å². The molecule has 0 saturated carbocycles. The van der Waals surface area contributed by atoms with Crippen LogP contribution in [0.5, 0.6) is 0 Å². The van der Waals surface area contributed by atoms with Crippen LogP contribution in [-0.4, -0.2) is 48.3 Å². The summed E-state index contributed by atoms with van der Waals surface area (Å²) in [6.07, 6.45) is 2.72. The van der Waals surface area contributed by atoms with Crippen molar-refractivity contribution in [1.82, 2.24) is 10.2 Å². The molecule has 1 atom stereocenters. The Labute approximate surface area is 124 Å². The van der Waals surface area contributed by atoms with Gasteiger partial charge >= 0.3 is 6.03 Å². The first kappa shape index (κ1) is 15.7. The predicted octanol–water partition coefficient (Wildman–Crippen LogP) is 1.79. The van der Waals surface area contributed by atoms with Crippen LogP contribution in [0.25, 0.3) is 0 Å². The molecule has 5 nitrogen and oxygen atoms in total. The first-order chi connectivity index (χ1) is 10.2. The van der Waals surface area contributed by atoms with Gasteiger partial charge in [0.25, 0.3) is 0 Å². The monoisotopic (exact) mass is 295 g/mol. The first-order valence-electron chi connectivity index (χ1n) is 7.33. The van der Waals surface area contributed by atoms with Gasteiger partial charge in [-0.2, -0.15) is 0 Å². The van der Waals surface area contributed by atoms with Crippen LogP contribution in [0, 0.1) is 5.82 Å². The molecule has 1 aromatic carbocycles. The van der Waals surface area contributed by atoms with Crippen molar-refractivity contribution in [2.75, 3.05) is 31.6 Å². The number of carbonyl (C=O) groups is 1. The summed E-state index contributed by atoms with van der Waals surface area (Å²) in [5, 5.41) is 14.4. The van der Waals surface area contributed by atoms with E-state index in [-0.39, 0.29) is 24.5 Å². The number of amides is 2. The second kappa shape index (κ2) is 7.95. The Balaban J connectivity index is 1.70. The minimum absolute atomic E-state index is 0.138. The highest BCUT2D eigenvalue weighted by Gasteiger charge is 2.23. The topological polar surface area (TPSA) is 64.6 Å². The molecule has 3 N–H and O–H groups in total. The van der Waals surface area contributed by atoms with Gasteiger partial charge in [-0.3, -0.25) is 0 Å². The Bertz CT molecular complexity index is 453. The number of anilines is 1. The van der Waals surface area contributed by atoms with Crippen molar-refractivity contribution in [3.8, 4) is 0 Å². The number of hydrogen-bond donors (Lipinski definition) is 3. The molecule has 0 aromatic heterocycles. The second-order valence-electron chi connectivity index (χ2n) is 5.32. The van der Waals surface area contributed by atoms with Crippen molar-refractivity contribution in [3.05, 3.63) is 30.1 Å². The van der Waals surface area contributed by atoms with Crippen LogP contribution in [0.3, 0.4) is 0 Å². The molecular formula is C15H22FN3O2. The van der Waals surface area contributed by atoms with Crippen LogP contribution < -0.4 is 10.6 Å². The lowest BCUT2D eigenvalue weighted by Gasteiger charge is -2.16. The standard InChI is InChI=1S/C15H22FN3O2/c16-12-3-5-13(6-4-12)17-15(21)18-14-7-9-19(11-14)8-1-2-10-20/h3-6,14,20H,1-2,7-11H2,(H2,17,18,21). The van der Waals surface area contributed by atoms with Gasteiger partial charge in [-0.15, -0.1) is 0 Å². The molecule has 1 fully saturated rings. The maximum absolute atomic E-state index is 12.8. The summed E-state index contributed by atoms with van der Waals surface area (Å²) in [5.74, 6) is -0.324. The molecule has 0 aliphatic carbocycles. The molecule has 1 heterocycles. The molecule has 1 aliphatic heterocycles. The third-order valence-electron chi connectivity index (χ3n) is 3.59. The SMILES string of the molecule is O=C(Nc1ccc(F)cc1)NC1CCN(CCCCO)C1. The van der Waals surface area contributed by atoms with Crippen molar-refractivity contribution in [2.24, 2.45) is 0 Å². The molecule has 21 heavy (non-hydrogen) atoms. The lowest BCUT2D eigenvalue weighted by Crippen LogP contribution is -2.39. The van der Waals surface area contributed by atoms with E-state index < -0.39 is 0 Å².